The van der Waals surface area contributed by atoms with E-state index in [4.69, 9.17) is 5.73 Å². The highest BCUT2D eigenvalue weighted by Crippen LogP contribution is 2.24. The highest BCUT2D eigenvalue weighted by atomic mass is 16.3. The number of fused-ring (bicyclic) bond motifs is 1. The summed E-state index contributed by atoms with van der Waals surface area (Å²) in [6.45, 7) is 2.66. The molecule has 0 saturated carbocycles. The maximum Gasteiger partial charge on any atom is 0.222 e. The van der Waals surface area contributed by atoms with Gasteiger partial charge in [0.25, 0.3) is 0 Å². The number of nitrogens with zero attached hydrogens (tertiary/aromatic N) is 5. The summed E-state index contributed by atoms with van der Waals surface area (Å²) in [5, 5.41) is 20.9. The van der Waals surface area contributed by atoms with Crippen LogP contribution in [0.15, 0.2) is 30.6 Å². The maximum atomic E-state index is 9.55. The molecule has 3 rings (SSSR count). The second kappa shape index (κ2) is 7.22. The fourth-order valence-corrected chi connectivity index (χ4v) is 2.70. The predicted molar refractivity (Wildman–Crippen MR) is 92.5 cm³/mol. The third-order valence-corrected chi connectivity index (χ3v) is 3.79. The molecule has 0 saturated heterocycles. The van der Waals surface area contributed by atoms with Crippen LogP contribution >= 0.6 is 0 Å². The number of rotatable bonds is 7. The molecule has 1 atom stereocenters. The molecule has 4 N–H and O–H groups in total. The summed E-state index contributed by atoms with van der Waals surface area (Å²) in [4.78, 5) is 8.62. The third kappa shape index (κ3) is 3.43. The molecule has 0 aromatic carbocycles. The van der Waals surface area contributed by atoms with Crippen molar-refractivity contribution in [2.75, 3.05) is 17.7 Å². The first-order valence-corrected chi connectivity index (χ1v) is 7.97. The van der Waals surface area contributed by atoms with Crippen molar-refractivity contribution in [1.82, 2.24) is 24.7 Å². The van der Waals surface area contributed by atoms with E-state index in [1.165, 1.54) is 0 Å². The molecule has 0 spiro atoms. The summed E-state index contributed by atoms with van der Waals surface area (Å²) in [7, 11) is 0. The topological polar surface area (TPSA) is 115 Å². The van der Waals surface area contributed by atoms with Crippen LogP contribution in [0, 0.1) is 0 Å². The van der Waals surface area contributed by atoms with Crippen molar-refractivity contribution in [3.63, 3.8) is 0 Å². The summed E-state index contributed by atoms with van der Waals surface area (Å²) in [6.07, 6.45) is 5.37. The van der Waals surface area contributed by atoms with Crippen molar-refractivity contribution < 1.29 is 5.11 Å². The molecule has 0 fully saturated rings. The Kier molecular flexibility index (Phi) is 4.85. The molecule has 8 nitrogen and oxygen atoms in total. The van der Waals surface area contributed by atoms with Crippen LogP contribution in [0.1, 0.15) is 25.5 Å². The lowest BCUT2D eigenvalue weighted by atomic mass is 10.2. The Bertz CT molecular complexity index is 803. The first-order chi connectivity index (χ1) is 11.7. The van der Waals surface area contributed by atoms with Crippen LogP contribution in [0.3, 0.4) is 0 Å². The van der Waals surface area contributed by atoms with Crippen molar-refractivity contribution in [2.45, 2.75) is 32.4 Å². The van der Waals surface area contributed by atoms with Crippen LogP contribution in [0.2, 0.25) is 0 Å². The van der Waals surface area contributed by atoms with Crippen molar-refractivity contribution in [1.29, 1.82) is 0 Å². The number of hydrogen-bond donors (Lipinski definition) is 3. The van der Waals surface area contributed by atoms with Gasteiger partial charge in [0.05, 0.1) is 30.4 Å². The largest absolute Gasteiger partial charge is 0.394 e. The molecular formula is C16H21N7O. The number of hydrogen-bond acceptors (Lipinski definition) is 7. The van der Waals surface area contributed by atoms with Gasteiger partial charge in [0, 0.05) is 12.4 Å². The zero-order valence-electron chi connectivity index (χ0n) is 13.6. The van der Waals surface area contributed by atoms with Crippen LogP contribution in [0.4, 0.5) is 11.8 Å². The molecule has 24 heavy (non-hydrogen) atoms. The van der Waals surface area contributed by atoms with E-state index in [1.54, 1.807) is 6.20 Å². The highest BCUT2D eigenvalue weighted by molar-refractivity contribution is 5.87. The minimum Gasteiger partial charge on any atom is -0.394 e. The van der Waals surface area contributed by atoms with E-state index in [9.17, 15) is 5.11 Å². The molecule has 3 aromatic rings. The van der Waals surface area contributed by atoms with Gasteiger partial charge in [-0.3, -0.25) is 0 Å². The quantitative estimate of drug-likeness (QED) is 0.601. The van der Waals surface area contributed by atoms with Gasteiger partial charge < -0.3 is 20.7 Å². The Morgan fingerprint density at radius 2 is 2.21 bits per heavy atom. The Balaban J connectivity index is 1.99. The van der Waals surface area contributed by atoms with Gasteiger partial charge >= 0.3 is 0 Å². The van der Waals surface area contributed by atoms with Crippen LogP contribution < -0.4 is 11.1 Å². The number of aliphatic hydroxyl groups is 1. The fourth-order valence-electron chi connectivity index (χ4n) is 2.70. The molecule has 0 bridgehead atoms. The van der Waals surface area contributed by atoms with E-state index in [2.05, 4.69) is 32.4 Å². The van der Waals surface area contributed by atoms with E-state index in [0.29, 0.717) is 12.4 Å². The summed E-state index contributed by atoms with van der Waals surface area (Å²) >= 11 is 0. The van der Waals surface area contributed by atoms with Crippen molar-refractivity contribution >= 4 is 22.8 Å². The van der Waals surface area contributed by atoms with Gasteiger partial charge in [-0.1, -0.05) is 13.3 Å². The summed E-state index contributed by atoms with van der Waals surface area (Å²) < 4.78 is 2.00. The minimum absolute atomic E-state index is 0.0319. The predicted octanol–water partition coefficient (Wildman–Crippen LogP) is 1.42. The second-order valence-corrected chi connectivity index (χ2v) is 5.64. The van der Waals surface area contributed by atoms with Gasteiger partial charge in [-0.25, -0.2) is 4.98 Å². The Hall–Kier alpha value is -2.74. The van der Waals surface area contributed by atoms with Crippen LogP contribution in [-0.2, 0) is 6.54 Å². The maximum absolute atomic E-state index is 9.55. The number of nitrogens with two attached hydrogens (primary N) is 1. The number of nitrogens with one attached hydrogen (secondary N) is 1. The van der Waals surface area contributed by atoms with Crippen LogP contribution in [0.25, 0.3) is 11.0 Å². The summed E-state index contributed by atoms with van der Waals surface area (Å²) in [5.41, 5.74) is 8.25. The molecule has 0 aliphatic rings. The average Bonchev–Trinajstić information content (AvgIpc) is 2.98. The first kappa shape index (κ1) is 16.1. The molecule has 8 heteroatoms. The van der Waals surface area contributed by atoms with Gasteiger partial charge in [-0.15, -0.1) is 0 Å². The second-order valence-electron chi connectivity index (χ2n) is 5.64. The molecule has 1 unspecified atom stereocenters. The molecule has 3 heterocycles. The summed E-state index contributed by atoms with van der Waals surface area (Å²) in [6, 6.07) is 5.58. The van der Waals surface area contributed by atoms with Crippen molar-refractivity contribution in [2.24, 2.45) is 0 Å². The highest BCUT2D eigenvalue weighted by Gasteiger charge is 2.15. The van der Waals surface area contributed by atoms with Gasteiger partial charge in [0.1, 0.15) is 5.52 Å². The SMILES string of the molecule is CCCC(CO)Nc1nc(N)nc2ccn(Cc3cccnn3)c12. The van der Waals surface area contributed by atoms with Crippen LogP contribution in [0.5, 0.6) is 0 Å². The summed E-state index contributed by atoms with van der Waals surface area (Å²) in [5.74, 6) is 0.828. The number of aromatic nitrogens is 5. The molecule has 126 valence electrons. The molecule has 0 aliphatic carbocycles. The van der Waals surface area contributed by atoms with Crippen LogP contribution in [-0.4, -0.2) is 42.5 Å². The number of anilines is 2. The van der Waals surface area contributed by atoms with E-state index in [-0.39, 0.29) is 18.6 Å². The lowest BCUT2D eigenvalue weighted by molar-refractivity contribution is 0.268. The molecule has 0 radical (unpaired) electrons. The molecule has 3 aromatic heterocycles. The lowest BCUT2D eigenvalue weighted by Gasteiger charge is -2.18. The van der Waals surface area contributed by atoms with Gasteiger partial charge in [-0.2, -0.15) is 15.2 Å². The Labute approximate surface area is 139 Å². The van der Waals surface area contributed by atoms with Crippen molar-refractivity contribution in [3.8, 4) is 0 Å². The monoisotopic (exact) mass is 327 g/mol. The van der Waals surface area contributed by atoms with E-state index in [1.807, 2.05) is 29.0 Å². The standard InChI is InChI=1S/C16H21N7O/c1-2-4-12(10-24)19-15-14-13(20-16(17)21-15)6-8-23(14)9-11-5-3-7-18-22-11/h3,5-8,12,24H,2,4,9-10H2,1H3,(H3,17,19,20,21). The molecular weight excluding hydrogens is 306 g/mol. The van der Waals surface area contributed by atoms with E-state index >= 15 is 0 Å². The van der Waals surface area contributed by atoms with Gasteiger partial charge in [0.2, 0.25) is 5.95 Å². The molecule has 0 aliphatic heterocycles. The smallest absolute Gasteiger partial charge is 0.222 e. The Morgan fingerprint density at radius 1 is 1.33 bits per heavy atom. The lowest BCUT2D eigenvalue weighted by Crippen LogP contribution is -2.25. The number of aliphatic hydroxyl groups excluding tert-OH is 1. The van der Waals surface area contributed by atoms with E-state index in [0.717, 1.165) is 29.6 Å². The third-order valence-electron chi connectivity index (χ3n) is 3.79. The van der Waals surface area contributed by atoms with E-state index < -0.39 is 0 Å². The zero-order valence-corrected chi connectivity index (χ0v) is 13.6. The normalized spacial score (nSPS) is 12.4. The zero-order chi connectivity index (χ0) is 16.9. The fraction of sp³-hybridized carbons (Fsp3) is 0.375. The average molecular weight is 327 g/mol. The van der Waals surface area contributed by atoms with Gasteiger partial charge in [-0.05, 0) is 24.6 Å². The van der Waals surface area contributed by atoms with Gasteiger partial charge in [0.15, 0.2) is 5.82 Å². The minimum atomic E-state index is -0.0765. The Morgan fingerprint density at radius 3 is 2.92 bits per heavy atom. The first-order valence-electron chi connectivity index (χ1n) is 7.97. The van der Waals surface area contributed by atoms with Crippen molar-refractivity contribution in [3.05, 3.63) is 36.3 Å². The molecule has 0 amide bonds. The number of nitrogen functional groups attached to an aromatic ring is 1.